The van der Waals surface area contributed by atoms with Crippen LogP contribution >= 0.6 is 11.6 Å². The molecule has 0 saturated heterocycles. The summed E-state index contributed by atoms with van der Waals surface area (Å²) in [6.07, 6.45) is 3.12. The zero-order valence-corrected chi connectivity index (χ0v) is 24.0. The molecule has 0 radical (unpaired) electrons. The maximum atomic E-state index is 11.1. The molecule has 0 spiro atoms. The van der Waals surface area contributed by atoms with E-state index in [1.54, 1.807) is 0 Å². The van der Waals surface area contributed by atoms with Crippen LogP contribution in [0.4, 0.5) is 0 Å². The molecule has 216 valence electrons. The van der Waals surface area contributed by atoms with Crippen LogP contribution in [0.5, 0.6) is 0 Å². The third-order valence-electron chi connectivity index (χ3n) is 8.09. The Morgan fingerprint density at radius 2 is 1.38 bits per heavy atom. The number of aromatic nitrogens is 3. The SMILES string of the molecule is OC[C@@]1(COCc2ccccc2)C[C@@H](n2ccc3c(Cl)ncnc32)[C@H](OCc2ccccc2)[C@@H]1OCc1ccccc1. The highest BCUT2D eigenvalue weighted by Crippen LogP contribution is 2.49. The maximum absolute atomic E-state index is 11.1. The van der Waals surface area contributed by atoms with Gasteiger partial charge in [-0.15, -0.1) is 0 Å². The summed E-state index contributed by atoms with van der Waals surface area (Å²) in [4.78, 5) is 8.73. The van der Waals surface area contributed by atoms with E-state index in [1.807, 2.05) is 103 Å². The van der Waals surface area contributed by atoms with Gasteiger partial charge in [-0.1, -0.05) is 103 Å². The number of ether oxygens (including phenoxy) is 3. The van der Waals surface area contributed by atoms with Crippen molar-refractivity contribution >= 4 is 22.6 Å². The zero-order chi connectivity index (χ0) is 28.8. The van der Waals surface area contributed by atoms with E-state index in [9.17, 15) is 5.11 Å². The molecule has 3 aromatic carbocycles. The Kier molecular flexibility index (Phi) is 8.93. The van der Waals surface area contributed by atoms with Gasteiger partial charge in [0.15, 0.2) is 0 Å². The van der Waals surface area contributed by atoms with Gasteiger partial charge in [0.25, 0.3) is 0 Å². The first kappa shape index (κ1) is 28.5. The Morgan fingerprint density at radius 1 is 0.786 bits per heavy atom. The number of fused-ring (bicyclic) bond motifs is 1. The van der Waals surface area contributed by atoms with Crippen LogP contribution in [0.15, 0.2) is 110 Å². The third-order valence-corrected chi connectivity index (χ3v) is 8.39. The first-order chi connectivity index (χ1) is 20.7. The highest BCUT2D eigenvalue weighted by atomic mass is 35.5. The Hall–Kier alpha value is -3.59. The predicted molar refractivity (Wildman–Crippen MR) is 162 cm³/mol. The minimum absolute atomic E-state index is 0.127. The predicted octanol–water partition coefficient (Wildman–Crippen LogP) is 6.40. The lowest BCUT2D eigenvalue weighted by Gasteiger charge is -2.35. The summed E-state index contributed by atoms with van der Waals surface area (Å²) in [7, 11) is 0. The van der Waals surface area contributed by atoms with E-state index in [-0.39, 0.29) is 12.6 Å². The van der Waals surface area contributed by atoms with Crippen molar-refractivity contribution < 1.29 is 19.3 Å². The smallest absolute Gasteiger partial charge is 0.145 e. The number of halogens is 1. The standard InChI is InChI=1S/C34H34ClN3O4/c35-32-28-16-17-38(33(28)37-24-36-32)29-18-34(22-39,23-40-19-25-10-4-1-5-11-25)31(42-21-27-14-8-3-9-15-27)30(29)41-20-26-12-6-2-7-13-26/h1-17,24,29-31,39H,18-23H2/t29-,30+,31+,34-/m1/s1. The van der Waals surface area contributed by atoms with Gasteiger partial charge in [0, 0.05) is 11.6 Å². The lowest BCUT2D eigenvalue weighted by Crippen LogP contribution is -2.45. The van der Waals surface area contributed by atoms with E-state index in [0.29, 0.717) is 43.6 Å². The molecule has 0 unspecified atom stereocenters. The average Bonchev–Trinajstić information content (AvgIpc) is 3.60. The van der Waals surface area contributed by atoms with E-state index in [4.69, 9.17) is 25.8 Å². The normalized spacial score (nSPS) is 22.1. The number of hydrogen-bond acceptors (Lipinski definition) is 6. The van der Waals surface area contributed by atoms with Crippen LogP contribution < -0.4 is 0 Å². The molecule has 2 heterocycles. The minimum atomic E-state index is -0.733. The van der Waals surface area contributed by atoms with Gasteiger partial charge in [0.2, 0.25) is 0 Å². The van der Waals surface area contributed by atoms with Gasteiger partial charge in [-0.05, 0) is 29.2 Å². The molecule has 8 heteroatoms. The fourth-order valence-electron chi connectivity index (χ4n) is 5.95. The fourth-order valence-corrected chi connectivity index (χ4v) is 6.14. The largest absolute Gasteiger partial charge is 0.396 e. The van der Waals surface area contributed by atoms with Crippen molar-refractivity contribution in [2.75, 3.05) is 13.2 Å². The summed E-state index contributed by atoms with van der Waals surface area (Å²) < 4.78 is 21.9. The summed E-state index contributed by atoms with van der Waals surface area (Å²) in [5.74, 6) is 0. The number of aliphatic hydroxyl groups excluding tert-OH is 1. The molecule has 1 aliphatic carbocycles. The number of rotatable bonds is 12. The van der Waals surface area contributed by atoms with E-state index < -0.39 is 17.6 Å². The Morgan fingerprint density at radius 3 is 2.00 bits per heavy atom. The maximum Gasteiger partial charge on any atom is 0.145 e. The quantitative estimate of drug-likeness (QED) is 0.171. The second-order valence-corrected chi connectivity index (χ2v) is 11.2. The molecule has 0 aliphatic heterocycles. The van der Waals surface area contributed by atoms with Gasteiger partial charge in [0.05, 0.1) is 50.6 Å². The van der Waals surface area contributed by atoms with Gasteiger partial charge in [-0.3, -0.25) is 0 Å². The first-order valence-corrected chi connectivity index (χ1v) is 14.6. The Labute approximate surface area is 250 Å². The number of nitrogens with zero attached hydrogens (tertiary/aromatic N) is 3. The Bertz CT molecular complexity index is 1570. The van der Waals surface area contributed by atoms with Crippen molar-refractivity contribution in [3.05, 3.63) is 131 Å². The second-order valence-electron chi connectivity index (χ2n) is 10.9. The van der Waals surface area contributed by atoms with E-state index in [1.165, 1.54) is 6.33 Å². The van der Waals surface area contributed by atoms with Crippen LogP contribution in [0, 0.1) is 5.41 Å². The number of hydrogen-bond donors (Lipinski definition) is 1. The van der Waals surface area contributed by atoms with E-state index in [0.717, 1.165) is 22.1 Å². The molecule has 1 saturated carbocycles. The van der Waals surface area contributed by atoms with Crippen molar-refractivity contribution in [1.29, 1.82) is 0 Å². The number of benzene rings is 3. The minimum Gasteiger partial charge on any atom is -0.396 e. The fraction of sp³-hybridized carbons (Fsp3) is 0.294. The van der Waals surface area contributed by atoms with E-state index in [2.05, 4.69) is 14.5 Å². The lowest BCUT2D eigenvalue weighted by molar-refractivity contribution is -0.143. The molecular weight excluding hydrogens is 550 g/mol. The average molecular weight is 584 g/mol. The van der Waals surface area contributed by atoms with Crippen LogP contribution in [0.25, 0.3) is 11.0 Å². The molecule has 2 aromatic heterocycles. The van der Waals surface area contributed by atoms with Crippen molar-refractivity contribution in [1.82, 2.24) is 14.5 Å². The summed E-state index contributed by atoms with van der Waals surface area (Å²) >= 11 is 6.43. The molecular formula is C34H34ClN3O4. The summed E-state index contributed by atoms with van der Waals surface area (Å²) in [6.45, 7) is 1.38. The van der Waals surface area contributed by atoms with Crippen LogP contribution in [0.1, 0.15) is 29.2 Å². The molecule has 1 fully saturated rings. The molecule has 0 bridgehead atoms. The van der Waals surface area contributed by atoms with Crippen molar-refractivity contribution in [3.8, 4) is 0 Å². The van der Waals surface area contributed by atoms with Gasteiger partial charge in [0.1, 0.15) is 23.2 Å². The monoisotopic (exact) mass is 583 g/mol. The summed E-state index contributed by atoms with van der Waals surface area (Å²) in [5.41, 5.74) is 3.16. The zero-order valence-electron chi connectivity index (χ0n) is 23.3. The third kappa shape index (κ3) is 6.11. The van der Waals surface area contributed by atoms with Crippen LogP contribution in [0.3, 0.4) is 0 Å². The van der Waals surface area contributed by atoms with Crippen molar-refractivity contribution in [3.63, 3.8) is 0 Å². The van der Waals surface area contributed by atoms with E-state index >= 15 is 0 Å². The van der Waals surface area contributed by atoms with Gasteiger partial charge >= 0.3 is 0 Å². The van der Waals surface area contributed by atoms with Gasteiger partial charge in [-0.25, -0.2) is 9.97 Å². The first-order valence-electron chi connectivity index (χ1n) is 14.2. The molecule has 0 amide bonds. The summed E-state index contributed by atoms with van der Waals surface area (Å²) in [5, 5.41) is 12.3. The molecule has 6 rings (SSSR count). The highest BCUT2D eigenvalue weighted by Gasteiger charge is 2.56. The Balaban J connectivity index is 1.36. The van der Waals surface area contributed by atoms with Gasteiger partial charge in [-0.2, -0.15) is 0 Å². The molecule has 5 aromatic rings. The molecule has 1 N–H and O–H groups in total. The second kappa shape index (κ2) is 13.2. The molecule has 7 nitrogen and oxygen atoms in total. The molecule has 42 heavy (non-hydrogen) atoms. The van der Waals surface area contributed by atoms with Crippen LogP contribution in [-0.4, -0.2) is 45.1 Å². The molecule has 4 atom stereocenters. The van der Waals surface area contributed by atoms with Gasteiger partial charge < -0.3 is 23.9 Å². The van der Waals surface area contributed by atoms with Crippen molar-refractivity contribution in [2.45, 2.75) is 44.5 Å². The topological polar surface area (TPSA) is 78.6 Å². The highest BCUT2D eigenvalue weighted by molar-refractivity contribution is 6.33. The van der Waals surface area contributed by atoms with Crippen LogP contribution in [-0.2, 0) is 34.0 Å². The lowest BCUT2D eigenvalue weighted by atomic mass is 9.85. The molecule has 1 aliphatic rings. The summed E-state index contributed by atoms with van der Waals surface area (Å²) in [6, 6.07) is 31.9. The number of aliphatic hydroxyl groups is 1. The van der Waals surface area contributed by atoms with Crippen LogP contribution in [0.2, 0.25) is 5.15 Å². The van der Waals surface area contributed by atoms with Crippen molar-refractivity contribution in [2.24, 2.45) is 5.41 Å².